The highest BCUT2D eigenvalue weighted by atomic mass is 32.1. The fraction of sp³-hybridized carbons (Fsp3) is 0.182. The number of allylic oxidation sites excluding steroid dienone is 1. The van der Waals surface area contributed by atoms with E-state index in [0.29, 0.717) is 27.8 Å². The number of hydrogen-bond acceptors (Lipinski definition) is 6. The molecule has 1 aromatic heterocycles. The Labute approximate surface area is 168 Å². The lowest BCUT2D eigenvalue weighted by Crippen LogP contribution is -1.96. The van der Waals surface area contributed by atoms with Gasteiger partial charge in [0.15, 0.2) is 0 Å². The number of ether oxygens (including phenoxy) is 2. The van der Waals surface area contributed by atoms with Crippen LogP contribution in [0.3, 0.4) is 0 Å². The number of benzene rings is 2. The van der Waals surface area contributed by atoms with Crippen molar-refractivity contribution in [1.82, 2.24) is 4.98 Å². The molecule has 3 aromatic rings. The predicted molar refractivity (Wildman–Crippen MR) is 114 cm³/mol. The van der Waals surface area contributed by atoms with E-state index in [1.807, 2.05) is 23.6 Å². The standard InChI is InChI=1S/C22H21N3O2S/c1-4-15-5-7-16(8-6-15)20-14-28-22(25-20)17(12-23)13-24-19-11-18(26-2)9-10-21(19)27-3/h5-11,13-14,24H,4H2,1-3H3/b17-13+. The molecule has 0 aliphatic carbocycles. The van der Waals surface area contributed by atoms with E-state index in [0.717, 1.165) is 17.7 Å². The molecule has 0 aliphatic heterocycles. The number of nitrogens with zero attached hydrogens (tertiary/aromatic N) is 2. The molecule has 3 rings (SSSR count). The van der Waals surface area contributed by atoms with E-state index in [4.69, 9.17) is 9.47 Å². The maximum atomic E-state index is 9.59. The Morgan fingerprint density at radius 1 is 1.18 bits per heavy atom. The fourth-order valence-corrected chi connectivity index (χ4v) is 3.45. The molecule has 0 bridgehead atoms. The first-order valence-corrected chi connectivity index (χ1v) is 9.70. The zero-order valence-electron chi connectivity index (χ0n) is 16.0. The summed E-state index contributed by atoms with van der Waals surface area (Å²) in [6.45, 7) is 2.13. The first-order chi connectivity index (χ1) is 13.7. The molecule has 0 fully saturated rings. The highest BCUT2D eigenvalue weighted by Gasteiger charge is 2.10. The van der Waals surface area contributed by atoms with Crippen molar-refractivity contribution in [2.45, 2.75) is 13.3 Å². The normalized spacial score (nSPS) is 11.0. The maximum Gasteiger partial charge on any atom is 0.142 e. The number of hydrogen-bond donors (Lipinski definition) is 1. The molecule has 28 heavy (non-hydrogen) atoms. The van der Waals surface area contributed by atoms with E-state index in [1.165, 1.54) is 16.9 Å². The average molecular weight is 391 g/mol. The zero-order chi connectivity index (χ0) is 19.9. The molecule has 1 heterocycles. The van der Waals surface area contributed by atoms with Gasteiger partial charge in [-0.05, 0) is 24.1 Å². The molecule has 1 N–H and O–H groups in total. The van der Waals surface area contributed by atoms with Crippen LogP contribution in [0.25, 0.3) is 16.8 Å². The van der Waals surface area contributed by atoms with E-state index in [9.17, 15) is 5.26 Å². The van der Waals surface area contributed by atoms with Crippen LogP contribution in [0.2, 0.25) is 0 Å². The molecule has 2 aromatic carbocycles. The van der Waals surface area contributed by atoms with Crippen molar-refractivity contribution in [2.75, 3.05) is 19.5 Å². The molecule has 0 saturated carbocycles. The fourth-order valence-electron chi connectivity index (χ4n) is 2.66. The third kappa shape index (κ3) is 4.33. The van der Waals surface area contributed by atoms with Gasteiger partial charge in [-0.25, -0.2) is 4.98 Å². The molecule has 0 radical (unpaired) electrons. The first kappa shape index (κ1) is 19.5. The van der Waals surface area contributed by atoms with Crippen LogP contribution >= 0.6 is 11.3 Å². The summed E-state index contributed by atoms with van der Waals surface area (Å²) in [5.41, 5.74) is 4.35. The number of aromatic nitrogens is 1. The smallest absolute Gasteiger partial charge is 0.142 e. The molecular weight excluding hydrogens is 370 g/mol. The Bertz CT molecular complexity index is 1020. The first-order valence-electron chi connectivity index (χ1n) is 8.82. The van der Waals surface area contributed by atoms with Crippen LogP contribution in [0.5, 0.6) is 11.5 Å². The quantitative estimate of drug-likeness (QED) is 0.549. The van der Waals surface area contributed by atoms with E-state index >= 15 is 0 Å². The van der Waals surface area contributed by atoms with Crippen LogP contribution < -0.4 is 14.8 Å². The van der Waals surface area contributed by atoms with Gasteiger partial charge in [0.2, 0.25) is 0 Å². The summed E-state index contributed by atoms with van der Waals surface area (Å²) in [6, 6.07) is 16.0. The lowest BCUT2D eigenvalue weighted by Gasteiger charge is -2.10. The van der Waals surface area contributed by atoms with Gasteiger partial charge < -0.3 is 14.8 Å². The largest absolute Gasteiger partial charge is 0.497 e. The molecule has 0 saturated heterocycles. The van der Waals surface area contributed by atoms with Crippen molar-refractivity contribution in [2.24, 2.45) is 0 Å². The lowest BCUT2D eigenvalue weighted by molar-refractivity contribution is 0.405. The van der Waals surface area contributed by atoms with Crippen LogP contribution in [0.15, 0.2) is 54.0 Å². The number of aryl methyl sites for hydroxylation is 1. The van der Waals surface area contributed by atoms with Crippen LogP contribution in [0, 0.1) is 11.3 Å². The van der Waals surface area contributed by atoms with Crippen molar-refractivity contribution >= 4 is 22.6 Å². The molecule has 0 aliphatic rings. The van der Waals surface area contributed by atoms with E-state index in [1.54, 1.807) is 20.4 Å². The minimum absolute atomic E-state index is 0.450. The third-order valence-electron chi connectivity index (χ3n) is 4.29. The van der Waals surface area contributed by atoms with Gasteiger partial charge in [0.25, 0.3) is 0 Å². The van der Waals surface area contributed by atoms with Crippen LogP contribution in [-0.2, 0) is 6.42 Å². The molecule has 142 valence electrons. The van der Waals surface area contributed by atoms with Crippen molar-refractivity contribution in [3.05, 3.63) is 64.6 Å². The molecule has 0 unspecified atom stereocenters. The Morgan fingerprint density at radius 2 is 1.96 bits per heavy atom. The Morgan fingerprint density at radius 3 is 2.61 bits per heavy atom. The van der Waals surface area contributed by atoms with Crippen LogP contribution in [-0.4, -0.2) is 19.2 Å². The Balaban J connectivity index is 1.84. The molecule has 0 spiro atoms. The molecule has 5 nitrogen and oxygen atoms in total. The summed E-state index contributed by atoms with van der Waals surface area (Å²) < 4.78 is 10.6. The SMILES string of the molecule is CCc1ccc(-c2csc(/C(C#N)=C/Nc3cc(OC)ccc3OC)n2)cc1. The number of nitrogens with one attached hydrogen (secondary N) is 1. The summed E-state index contributed by atoms with van der Waals surface area (Å²) in [5, 5.41) is 15.3. The van der Waals surface area contributed by atoms with Gasteiger partial charge in [-0.15, -0.1) is 11.3 Å². The van der Waals surface area contributed by atoms with Gasteiger partial charge >= 0.3 is 0 Å². The second kappa shape index (κ2) is 9.07. The van der Waals surface area contributed by atoms with Gasteiger partial charge in [-0.3, -0.25) is 0 Å². The summed E-state index contributed by atoms with van der Waals surface area (Å²) >= 11 is 1.44. The van der Waals surface area contributed by atoms with Crippen molar-refractivity contribution < 1.29 is 9.47 Å². The highest BCUT2D eigenvalue weighted by Crippen LogP contribution is 2.30. The van der Waals surface area contributed by atoms with E-state index in [2.05, 4.69) is 47.6 Å². The molecule has 6 heteroatoms. The number of thiazole rings is 1. The molecular formula is C22H21N3O2S. The zero-order valence-corrected chi connectivity index (χ0v) is 16.8. The van der Waals surface area contributed by atoms with E-state index < -0.39 is 0 Å². The van der Waals surface area contributed by atoms with Gasteiger partial charge in [0.05, 0.1) is 25.6 Å². The Hall–Kier alpha value is -3.30. The van der Waals surface area contributed by atoms with Crippen molar-refractivity contribution in [3.8, 4) is 28.8 Å². The average Bonchev–Trinajstić information content (AvgIpc) is 3.24. The van der Waals surface area contributed by atoms with Crippen molar-refractivity contribution in [1.29, 1.82) is 5.26 Å². The summed E-state index contributed by atoms with van der Waals surface area (Å²) in [6.07, 6.45) is 2.64. The lowest BCUT2D eigenvalue weighted by atomic mass is 10.1. The number of nitriles is 1. The van der Waals surface area contributed by atoms with E-state index in [-0.39, 0.29) is 0 Å². The summed E-state index contributed by atoms with van der Waals surface area (Å²) in [5.74, 6) is 1.35. The highest BCUT2D eigenvalue weighted by molar-refractivity contribution is 7.11. The van der Waals surface area contributed by atoms with Gasteiger partial charge in [0, 0.05) is 23.2 Å². The number of methoxy groups -OCH3 is 2. The van der Waals surface area contributed by atoms with Crippen molar-refractivity contribution in [3.63, 3.8) is 0 Å². The number of rotatable bonds is 7. The van der Waals surface area contributed by atoms with Crippen LogP contribution in [0.1, 0.15) is 17.5 Å². The minimum atomic E-state index is 0.450. The Kier molecular flexibility index (Phi) is 6.30. The molecule has 0 amide bonds. The topological polar surface area (TPSA) is 67.2 Å². The predicted octanol–water partition coefficient (Wildman–Crippen LogP) is 5.37. The summed E-state index contributed by atoms with van der Waals surface area (Å²) in [7, 11) is 3.20. The third-order valence-corrected chi connectivity index (χ3v) is 5.17. The second-order valence-electron chi connectivity index (χ2n) is 5.97. The van der Waals surface area contributed by atoms with Crippen LogP contribution in [0.4, 0.5) is 5.69 Å². The second-order valence-corrected chi connectivity index (χ2v) is 6.83. The minimum Gasteiger partial charge on any atom is -0.497 e. The van der Waals surface area contributed by atoms with Gasteiger partial charge in [-0.2, -0.15) is 5.26 Å². The van der Waals surface area contributed by atoms with Gasteiger partial charge in [0.1, 0.15) is 28.1 Å². The monoisotopic (exact) mass is 391 g/mol. The maximum absolute atomic E-state index is 9.59. The molecule has 0 atom stereocenters. The van der Waals surface area contributed by atoms with Gasteiger partial charge in [-0.1, -0.05) is 31.2 Å². The summed E-state index contributed by atoms with van der Waals surface area (Å²) in [4.78, 5) is 4.63. The number of anilines is 1.